The first kappa shape index (κ1) is 13.5. The van der Waals surface area contributed by atoms with E-state index in [0.29, 0.717) is 22.8 Å². The Morgan fingerprint density at radius 3 is 2.78 bits per heavy atom. The van der Waals surface area contributed by atoms with Crippen LogP contribution >= 0.6 is 0 Å². The Bertz CT molecular complexity index is 964. The van der Waals surface area contributed by atoms with Crippen LogP contribution in [0.15, 0.2) is 18.2 Å². The monoisotopic (exact) mass is 312 g/mol. The van der Waals surface area contributed by atoms with E-state index in [2.05, 4.69) is 15.3 Å². The van der Waals surface area contributed by atoms with E-state index in [1.54, 1.807) is 6.92 Å². The number of hydrogen-bond donors (Lipinski definition) is 1. The van der Waals surface area contributed by atoms with E-state index in [4.69, 9.17) is 14.6 Å². The fourth-order valence-electron chi connectivity index (χ4n) is 2.70. The van der Waals surface area contributed by atoms with Crippen molar-refractivity contribution in [3.63, 3.8) is 0 Å². The van der Waals surface area contributed by atoms with Gasteiger partial charge in [-0.15, -0.1) is 10.2 Å². The molecule has 0 radical (unpaired) electrons. The van der Waals surface area contributed by atoms with Gasteiger partial charge in [-0.2, -0.15) is 5.10 Å². The molecule has 23 heavy (non-hydrogen) atoms. The lowest BCUT2D eigenvalue weighted by Gasteiger charge is -2.04. The number of carbonyl (C=O) groups is 1. The molecule has 0 saturated carbocycles. The summed E-state index contributed by atoms with van der Waals surface area (Å²) in [5.74, 6) is 0.223. The Balaban J connectivity index is 1.96. The number of aryl methyl sites for hydroxylation is 2. The molecule has 0 spiro atoms. The van der Waals surface area contributed by atoms with Crippen LogP contribution in [-0.2, 0) is 0 Å². The smallest absolute Gasteiger partial charge is 0.358 e. The van der Waals surface area contributed by atoms with Crippen molar-refractivity contribution < 1.29 is 19.4 Å². The number of carboxylic acids is 1. The number of fused-ring (bicyclic) bond motifs is 2. The van der Waals surface area contributed by atoms with E-state index >= 15 is 0 Å². The number of rotatable bonds is 2. The van der Waals surface area contributed by atoms with Crippen molar-refractivity contribution in [3.05, 3.63) is 35.3 Å². The van der Waals surface area contributed by atoms with Crippen molar-refractivity contribution in [2.24, 2.45) is 0 Å². The van der Waals surface area contributed by atoms with Gasteiger partial charge in [0.15, 0.2) is 22.8 Å². The van der Waals surface area contributed by atoms with Crippen molar-refractivity contribution >= 4 is 11.6 Å². The minimum absolute atomic E-state index is 0.114. The van der Waals surface area contributed by atoms with Gasteiger partial charge in [0, 0.05) is 0 Å². The maximum Gasteiger partial charge on any atom is 0.358 e. The molecule has 8 nitrogen and oxygen atoms in total. The van der Waals surface area contributed by atoms with Crippen molar-refractivity contribution in [1.82, 2.24) is 19.8 Å². The average Bonchev–Trinajstić information content (AvgIpc) is 3.10. The summed E-state index contributed by atoms with van der Waals surface area (Å²) in [6.45, 7) is 3.70. The van der Waals surface area contributed by atoms with Crippen molar-refractivity contribution in [1.29, 1.82) is 0 Å². The molecule has 3 heterocycles. The van der Waals surface area contributed by atoms with Gasteiger partial charge in [-0.1, -0.05) is 6.07 Å². The highest BCUT2D eigenvalue weighted by Crippen LogP contribution is 2.37. The molecule has 0 bridgehead atoms. The van der Waals surface area contributed by atoms with Crippen molar-refractivity contribution in [2.45, 2.75) is 13.8 Å². The highest BCUT2D eigenvalue weighted by Gasteiger charge is 2.21. The molecule has 8 heteroatoms. The van der Waals surface area contributed by atoms with Gasteiger partial charge in [0.1, 0.15) is 0 Å². The number of hydrogen-bond acceptors (Lipinski definition) is 6. The number of carboxylic acid groups (broad SMARTS) is 1. The molecular formula is C15H12N4O4. The summed E-state index contributed by atoms with van der Waals surface area (Å²) in [6, 6.07) is 5.57. The van der Waals surface area contributed by atoms with E-state index in [9.17, 15) is 4.79 Å². The molecule has 1 aliphatic rings. The van der Waals surface area contributed by atoms with Crippen LogP contribution < -0.4 is 9.47 Å². The standard InChI is InChI=1S/C15H12N4O4/c1-7-12(9-3-4-10-11(5-9)23-6-22-10)14-17-16-13(15(20)21)8(2)19(14)18-7/h3-5H,6H2,1-2H3,(H,20,21). The van der Waals surface area contributed by atoms with Crippen LogP contribution in [0.2, 0.25) is 0 Å². The molecule has 0 unspecified atom stereocenters. The van der Waals surface area contributed by atoms with E-state index < -0.39 is 5.97 Å². The van der Waals surface area contributed by atoms with Crippen LogP contribution in [0.4, 0.5) is 0 Å². The average molecular weight is 312 g/mol. The lowest BCUT2D eigenvalue weighted by atomic mass is 10.1. The van der Waals surface area contributed by atoms with Gasteiger partial charge in [-0.05, 0) is 31.5 Å². The second-order valence-electron chi connectivity index (χ2n) is 5.20. The summed E-state index contributed by atoms with van der Waals surface area (Å²) in [5.41, 5.74) is 3.19. The Hall–Kier alpha value is -3.16. The molecule has 0 aliphatic carbocycles. The molecule has 1 N–H and O–H groups in total. The van der Waals surface area contributed by atoms with Gasteiger partial charge in [0.25, 0.3) is 0 Å². The lowest BCUT2D eigenvalue weighted by molar-refractivity contribution is 0.0687. The fraction of sp³-hybridized carbons (Fsp3) is 0.200. The molecule has 0 fully saturated rings. The number of benzene rings is 1. The number of ether oxygens (including phenoxy) is 2. The SMILES string of the molecule is Cc1nn2c(C)c(C(=O)O)nnc2c1-c1ccc2c(c1)OCO2. The maximum absolute atomic E-state index is 11.2. The molecule has 1 aliphatic heterocycles. The summed E-state index contributed by atoms with van der Waals surface area (Å²) in [7, 11) is 0. The third-order valence-corrected chi connectivity index (χ3v) is 3.80. The number of aromatic carboxylic acids is 1. The Kier molecular flexibility index (Phi) is 2.74. The molecule has 0 atom stereocenters. The molecule has 0 saturated heterocycles. The lowest BCUT2D eigenvalue weighted by Crippen LogP contribution is -2.10. The van der Waals surface area contributed by atoms with E-state index in [1.807, 2.05) is 25.1 Å². The Morgan fingerprint density at radius 1 is 1.22 bits per heavy atom. The van der Waals surface area contributed by atoms with Gasteiger partial charge in [-0.25, -0.2) is 9.31 Å². The zero-order valence-electron chi connectivity index (χ0n) is 12.4. The number of aromatic nitrogens is 4. The van der Waals surface area contributed by atoms with Gasteiger partial charge in [0.2, 0.25) is 6.79 Å². The van der Waals surface area contributed by atoms with Gasteiger partial charge >= 0.3 is 5.97 Å². The van der Waals surface area contributed by atoms with Crippen LogP contribution in [-0.4, -0.2) is 37.7 Å². The highest BCUT2D eigenvalue weighted by molar-refractivity contribution is 5.87. The van der Waals surface area contributed by atoms with E-state index in [1.165, 1.54) is 4.52 Å². The maximum atomic E-state index is 11.2. The normalized spacial score (nSPS) is 12.8. The molecule has 4 rings (SSSR count). The molecule has 116 valence electrons. The van der Waals surface area contributed by atoms with E-state index in [0.717, 1.165) is 16.8 Å². The third-order valence-electron chi connectivity index (χ3n) is 3.80. The van der Waals surface area contributed by atoms with Crippen LogP contribution in [0, 0.1) is 13.8 Å². The summed E-state index contributed by atoms with van der Waals surface area (Å²) in [6.07, 6.45) is 0. The zero-order chi connectivity index (χ0) is 16.1. The predicted octanol–water partition coefficient (Wildman–Crippen LogP) is 1.84. The molecule has 2 aromatic heterocycles. The first-order chi connectivity index (χ1) is 11.1. The number of nitrogens with zero attached hydrogens (tertiary/aromatic N) is 4. The first-order valence-electron chi connectivity index (χ1n) is 6.92. The summed E-state index contributed by atoms with van der Waals surface area (Å²) >= 11 is 0. The topological polar surface area (TPSA) is 98.8 Å². The summed E-state index contributed by atoms with van der Waals surface area (Å²) in [4.78, 5) is 11.2. The van der Waals surface area contributed by atoms with Gasteiger partial charge in [-0.3, -0.25) is 0 Å². The molecule has 1 aromatic carbocycles. The zero-order valence-corrected chi connectivity index (χ0v) is 12.4. The van der Waals surface area contributed by atoms with E-state index in [-0.39, 0.29) is 12.5 Å². The van der Waals surface area contributed by atoms with Crippen LogP contribution in [0.1, 0.15) is 21.9 Å². The Morgan fingerprint density at radius 2 is 2.00 bits per heavy atom. The molecule has 3 aromatic rings. The fourth-order valence-corrected chi connectivity index (χ4v) is 2.70. The van der Waals surface area contributed by atoms with Crippen LogP contribution in [0.3, 0.4) is 0 Å². The second kappa shape index (κ2) is 4.67. The largest absolute Gasteiger partial charge is 0.476 e. The first-order valence-corrected chi connectivity index (χ1v) is 6.92. The minimum atomic E-state index is -1.13. The van der Waals surface area contributed by atoms with Crippen molar-refractivity contribution in [2.75, 3.05) is 6.79 Å². The van der Waals surface area contributed by atoms with Crippen molar-refractivity contribution in [3.8, 4) is 22.6 Å². The second-order valence-corrected chi connectivity index (χ2v) is 5.20. The third kappa shape index (κ3) is 1.91. The predicted molar refractivity (Wildman–Crippen MR) is 78.8 cm³/mol. The molecular weight excluding hydrogens is 300 g/mol. The summed E-state index contributed by atoms with van der Waals surface area (Å²) < 4.78 is 12.2. The van der Waals surface area contributed by atoms with Crippen LogP contribution in [0.25, 0.3) is 16.8 Å². The highest BCUT2D eigenvalue weighted by atomic mass is 16.7. The quantitative estimate of drug-likeness (QED) is 0.770. The Labute approximate surface area is 130 Å². The van der Waals surface area contributed by atoms with Gasteiger partial charge < -0.3 is 14.6 Å². The minimum Gasteiger partial charge on any atom is -0.476 e. The van der Waals surface area contributed by atoms with Crippen LogP contribution in [0.5, 0.6) is 11.5 Å². The van der Waals surface area contributed by atoms with Gasteiger partial charge in [0.05, 0.1) is 17.0 Å². The summed E-state index contributed by atoms with van der Waals surface area (Å²) in [5, 5.41) is 21.4. The molecule has 0 amide bonds.